The van der Waals surface area contributed by atoms with Crippen LogP contribution in [0.15, 0.2) is 41.5 Å². The molecule has 0 spiro atoms. The van der Waals surface area contributed by atoms with Crippen molar-refractivity contribution in [3.05, 3.63) is 58.9 Å². The minimum Gasteiger partial charge on any atom is -0.406 e. The Morgan fingerprint density at radius 2 is 1.77 bits per heavy atom. The second kappa shape index (κ2) is 9.73. The summed E-state index contributed by atoms with van der Waals surface area (Å²) in [5.74, 6) is -1.54. The van der Waals surface area contributed by atoms with Gasteiger partial charge in [-0.2, -0.15) is 5.10 Å². The predicted octanol–water partition coefficient (Wildman–Crippen LogP) is 3.81. The molecule has 0 saturated carbocycles. The molecule has 1 N–H and O–H groups in total. The summed E-state index contributed by atoms with van der Waals surface area (Å²) in [4.78, 5) is 17.0. The highest BCUT2D eigenvalue weighted by Crippen LogP contribution is 2.32. The zero-order valence-corrected chi connectivity index (χ0v) is 19.7. The van der Waals surface area contributed by atoms with Crippen LogP contribution in [0.1, 0.15) is 23.6 Å². The molecule has 0 aliphatic carbocycles. The van der Waals surface area contributed by atoms with E-state index in [1.807, 2.05) is 12.1 Å². The first-order valence-electron chi connectivity index (χ1n) is 11.3. The highest BCUT2D eigenvalue weighted by molar-refractivity contribution is 6.14. The average Bonchev–Trinajstić information content (AvgIpc) is 2.95. The van der Waals surface area contributed by atoms with Crippen molar-refractivity contribution in [3.63, 3.8) is 0 Å². The van der Waals surface area contributed by atoms with Gasteiger partial charge in [0.25, 0.3) is 0 Å². The maximum atomic E-state index is 15.1. The van der Waals surface area contributed by atoms with Crippen LogP contribution >= 0.6 is 0 Å². The van der Waals surface area contributed by atoms with Crippen molar-refractivity contribution in [2.24, 2.45) is 5.10 Å². The SMILES string of the molecule is CNC(=O)N1N=C(c2ccc(N3CCN(C)CC3)cc2)c2cc(OC(F)(F)F)cc(F)c2C[C@H]1C. The smallest absolute Gasteiger partial charge is 0.406 e. The predicted molar refractivity (Wildman–Crippen MR) is 124 cm³/mol. The third kappa shape index (κ3) is 5.50. The molecule has 2 aromatic carbocycles. The van der Waals surface area contributed by atoms with E-state index in [1.54, 1.807) is 19.1 Å². The number of rotatable bonds is 3. The highest BCUT2D eigenvalue weighted by Gasteiger charge is 2.34. The van der Waals surface area contributed by atoms with E-state index in [9.17, 15) is 18.0 Å². The third-order valence-electron chi connectivity index (χ3n) is 6.21. The number of ether oxygens (including phenoxy) is 1. The molecular weight excluding hydrogens is 466 g/mol. The molecule has 2 aliphatic heterocycles. The van der Waals surface area contributed by atoms with Crippen LogP contribution in [0.5, 0.6) is 5.75 Å². The summed E-state index contributed by atoms with van der Waals surface area (Å²) in [6.07, 6.45) is -4.92. The number of likely N-dealkylation sites (N-methyl/N-ethyl adjacent to an activating group) is 1. The molecule has 1 fully saturated rings. The second-order valence-corrected chi connectivity index (χ2v) is 8.72. The summed E-state index contributed by atoms with van der Waals surface area (Å²) < 4.78 is 57.7. The van der Waals surface area contributed by atoms with Gasteiger partial charge in [0.1, 0.15) is 11.6 Å². The monoisotopic (exact) mass is 493 g/mol. The van der Waals surface area contributed by atoms with Crippen LogP contribution in [-0.2, 0) is 6.42 Å². The highest BCUT2D eigenvalue weighted by atomic mass is 19.4. The molecule has 4 rings (SSSR count). The number of carbonyl (C=O) groups excluding carboxylic acids is 1. The fraction of sp³-hybridized carbons (Fsp3) is 0.417. The molecule has 0 unspecified atom stereocenters. The number of anilines is 1. The Balaban J connectivity index is 1.78. The molecular formula is C24H27F4N5O2. The standard InChI is InChI=1S/C24H27F4N5O2/c1-15-12-19-20(13-18(14-21(19)25)35-24(26,27)28)22(30-33(15)23(34)29-2)16-4-6-17(7-5-16)32-10-8-31(3)9-11-32/h4-7,13-15H,8-12H2,1-3H3,(H,29,34)/t15-/m1/s1. The molecule has 1 saturated heterocycles. The van der Waals surface area contributed by atoms with Crippen LogP contribution in [0.25, 0.3) is 0 Å². The van der Waals surface area contributed by atoms with Crippen molar-refractivity contribution in [2.75, 3.05) is 45.2 Å². The molecule has 2 amide bonds. The van der Waals surface area contributed by atoms with Gasteiger partial charge in [-0.1, -0.05) is 12.1 Å². The summed E-state index contributed by atoms with van der Waals surface area (Å²) in [5.41, 5.74) is 2.03. The molecule has 0 bridgehead atoms. The summed E-state index contributed by atoms with van der Waals surface area (Å²) in [6, 6.07) is 8.14. The first-order chi connectivity index (χ1) is 16.6. The summed E-state index contributed by atoms with van der Waals surface area (Å²) >= 11 is 0. The van der Waals surface area contributed by atoms with Crippen LogP contribution in [-0.4, -0.2) is 74.3 Å². The number of benzene rings is 2. The average molecular weight is 494 g/mol. The van der Waals surface area contributed by atoms with Crippen LogP contribution in [0.2, 0.25) is 0 Å². The summed E-state index contributed by atoms with van der Waals surface area (Å²) in [6.45, 7) is 5.29. The number of nitrogens with zero attached hydrogens (tertiary/aromatic N) is 4. The molecule has 7 nitrogen and oxygen atoms in total. The Labute approximate surface area is 200 Å². The van der Waals surface area contributed by atoms with E-state index in [1.165, 1.54) is 12.1 Å². The van der Waals surface area contributed by atoms with Gasteiger partial charge in [0, 0.05) is 56.1 Å². The number of piperazine rings is 1. The first-order valence-corrected chi connectivity index (χ1v) is 11.3. The first kappa shape index (κ1) is 24.8. The van der Waals surface area contributed by atoms with Gasteiger partial charge in [-0.3, -0.25) is 0 Å². The van der Waals surface area contributed by atoms with E-state index in [2.05, 4.69) is 32.0 Å². The maximum absolute atomic E-state index is 15.1. The molecule has 2 aliphatic rings. The Kier molecular flexibility index (Phi) is 6.88. The minimum atomic E-state index is -4.98. The lowest BCUT2D eigenvalue weighted by Crippen LogP contribution is -2.44. The molecule has 1 atom stereocenters. The minimum absolute atomic E-state index is 0.0628. The number of carbonyl (C=O) groups is 1. The van der Waals surface area contributed by atoms with E-state index in [0.717, 1.165) is 37.9 Å². The van der Waals surface area contributed by atoms with Crippen molar-refractivity contribution >= 4 is 17.4 Å². The van der Waals surface area contributed by atoms with E-state index >= 15 is 4.39 Å². The lowest BCUT2D eigenvalue weighted by Gasteiger charge is -2.34. The lowest BCUT2D eigenvalue weighted by atomic mass is 9.93. The topological polar surface area (TPSA) is 60.4 Å². The van der Waals surface area contributed by atoms with Gasteiger partial charge in [0.2, 0.25) is 0 Å². The number of hydrogen-bond acceptors (Lipinski definition) is 5. The van der Waals surface area contributed by atoms with Gasteiger partial charge < -0.3 is 19.9 Å². The number of hydrogen-bond donors (Lipinski definition) is 1. The van der Waals surface area contributed by atoms with Gasteiger partial charge >= 0.3 is 12.4 Å². The maximum Gasteiger partial charge on any atom is 0.573 e. The van der Waals surface area contributed by atoms with E-state index in [-0.39, 0.29) is 23.3 Å². The second-order valence-electron chi connectivity index (χ2n) is 8.72. The fourth-order valence-electron chi connectivity index (χ4n) is 4.33. The fourth-order valence-corrected chi connectivity index (χ4v) is 4.33. The van der Waals surface area contributed by atoms with Gasteiger partial charge in [0.15, 0.2) is 0 Å². The molecule has 0 aromatic heterocycles. The van der Waals surface area contributed by atoms with Crippen LogP contribution in [0.4, 0.5) is 28.0 Å². The Morgan fingerprint density at radius 3 is 2.37 bits per heavy atom. The van der Waals surface area contributed by atoms with Crippen molar-refractivity contribution < 1.29 is 27.1 Å². The number of amides is 2. The van der Waals surface area contributed by atoms with E-state index in [0.29, 0.717) is 11.6 Å². The number of urea groups is 1. The molecule has 35 heavy (non-hydrogen) atoms. The van der Waals surface area contributed by atoms with E-state index in [4.69, 9.17) is 0 Å². The molecule has 11 heteroatoms. The van der Waals surface area contributed by atoms with Gasteiger partial charge in [0.05, 0.1) is 11.8 Å². The number of nitrogens with one attached hydrogen (secondary N) is 1. The van der Waals surface area contributed by atoms with Crippen molar-refractivity contribution in [1.82, 2.24) is 15.2 Å². The zero-order chi connectivity index (χ0) is 25.3. The summed E-state index contributed by atoms with van der Waals surface area (Å²) in [7, 11) is 3.51. The Hall–Kier alpha value is -3.34. The molecule has 2 heterocycles. The van der Waals surface area contributed by atoms with Crippen molar-refractivity contribution in [2.45, 2.75) is 25.7 Å². The molecule has 0 radical (unpaired) electrons. The largest absolute Gasteiger partial charge is 0.573 e. The van der Waals surface area contributed by atoms with Crippen LogP contribution in [0.3, 0.4) is 0 Å². The number of hydrazone groups is 1. The number of halogens is 4. The third-order valence-corrected chi connectivity index (χ3v) is 6.21. The Morgan fingerprint density at radius 1 is 1.11 bits per heavy atom. The molecule has 188 valence electrons. The normalized spacial score (nSPS) is 19.1. The number of fused-ring (bicyclic) bond motifs is 1. The van der Waals surface area contributed by atoms with Crippen LogP contribution < -0.4 is 15.0 Å². The quantitative estimate of drug-likeness (QED) is 0.661. The van der Waals surface area contributed by atoms with Crippen molar-refractivity contribution in [1.29, 1.82) is 0 Å². The Bertz CT molecular complexity index is 1110. The zero-order valence-electron chi connectivity index (χ0n) is 19.7. The van der Waals surface area contributed by atoms with Gasteiger partial charge in [-0.25, -0.2) is 14.2 Å². The van der Waals surface area contributed by atoms with Crippen molar-refractivity contribution in [3.8, 4) is 5.75 Å². The molecule has 2 aromatic rings. The van der Waals surface area contributed by atoms with Gasteiger partial charge in [-0.05, 0) is 44.2 Å². The van der Waals surface area contributed by atoms with Gasteiger partial charge in [-0.15, -0.1) is 13.2 Å². The summed E-state index contributed by atoms with van der Waals surface area (Å²) in [5, 5.41) is 8.18. The lowest BCUT2D eigenvalue weighted by molar-refractivity contribution is -0.274. The van der Waals surface area contributed by atoms with Crippen LogP contribution in [0, 0.1) is 5.82 Å². The van der Waals surface area contributed by atoms with E-state index < -0.39 is 30.0 Å². The number of alkyl halides is 3.